The van der Waals surface area contributed by atoms with E-state index >= 15 is 0 Å². The molecule has 1 aromatic rings. The minimum absolute atomic E-state index is 0.0919. The highest BCUT2D eigenvalue weighted by atomic mass is 79.9. The Bertz CT molecular complexity index is 741. The van der Waals surface area contributed by atoms with E-state index in [2.05, 4.69) is 15.9 Å². The van der Waals surface area contributed by atoms with E-state index in [1.807, 2.05) is 6.92 Å². The summed E-state index contributed by atoms with van der Waals surface area (Å²) in [6, 6.07) is 5.94. The number of ketones is 2. The van der Waals surface area contributed by atoms with Gasteiger partial charge in [0.2, 0.25) is 11.5 Å². The summed E-state index contributed by atoms with van der Waals surface area (Å²) >= 11 is 2.87. The third kappa shape index (κ3) is 2.88. The van der Waals surface area contributed by atoms with Gasteiger partial charge in [-0.2, -0.15) is 8.42 Å². The summed E-state index contributed by atoms with van der Waals surface area (Å²) in [4.78, 5) is 22.9. The fourth-order valence-electron chi connectivity index (χ4n) is 1.46. The summed E-state index contributed by atoms with van der Waals surface area (Å²) < 4.78 is 28.7. The number of halogens is 1. The van der Waals surface area contributed by atoms with Gasteiger partial charge >= 0.3 is 10.1 Å². The van der Waals surface area contributed by atoms with E-state index in [1.54, 1.807) is 12.1 Å². The quantitative estimate of drug-likeness (QED) is 0.611. The van der Waals surface area contributed by atoms with Crippen LogP contribution in [0.1, 0.15) is 5.56 Å². The van der Waals surface area contributed by atoms with Crippen LogP contribution in [-0.4, -0.2) is 20.0 Å². The third-order valence-corrected chi connectivity index (χ3v) is 4.51. The van der Waals surface area contributed by atoms with E-state index in [4.69, 9.17) is 4.18 Å². The highest BCUT2D eigenvalue weighted by molar-refractivity contribution is 9.12. The summed E-state index contributed by atoms with van der Waals surface area (Å²) in [7, 11) is -4.16. The molecule has 5 nitrogen and oxygen atoms in total. The number of rotatable bonds is 3. The van der Waals surface area contributed by atoms with Crippen LogP contribution >= 0.6 is 15.9 Å². The molecule has 2 rings (SSSR count). The Morgan fingerprint density at radius 1 is 1.00 bits per heavy atom. The van der Waals surface area contributed by atoms with Gasteiger partial charge in [-0.15, -0.1) is 0 Å². The van der Waals surface area contributed by atoms with Crippen LogP contribution in [0, 0.1) is 6.92 Å². The Balaban J connectivity index is 2.38. The summed E-state index contributed by atoms with van der Waals surface area (Å²) in [6.07, 6.45) is 2.00. The smallest absolute Gasteiger partial charge is 0.339 e. The van der Waals surface area contributed by atoms with Crippen LogP contribution < -0.4 is 0 Å². The second-order valence-corrected chi connectivity index (χ2v) is 6.39. The molecule has 0 saturated heterocycles. The molecular formula is C13H9BrO5S. The first-order valence-corrected chi connectivity index (χ1v) is 7.69. The van der Waals surface area contributed by atoms with Gasteiger partial charge in [-0.1, -0.05) is 17.7 Å². The van der Waals surface area contributed by atoms with Crippen molar-refractivity contribution in [2.45, 2.75) is 11.8 Å². The average molecular weight is 357 g/mol. The third-order valence-electron chi connectivity index (χ3n) is 2.53. The summed E-state index contributed by atoms with van der Waals surface area (Å²) in [6.45, 7) is 1.81. The lowest BCUT2D eigenvalue weighted by Crippen LogP contribution is -2.17. The van der Waals surface area contributed by atoms with Crippen LogP contribution in [0.5, 0.6) is 0 Å². The zero-order chi connectivity index (χ0) is 14.9. The van der Waals surface area contributed by atoms with Crippen LogP contribution in [0.2, 0.25) is 0 Å². The lowest BCUT2D eigenvalue weighted by Gasteiger charge is -2.12. The van der Waals surface area contributed by atoms with Crippen molar-refractivity contribution in [1.29, 1.82) is 0 Å². The van der Waals surface area contributed by atoms with Gasteiger partial charge in [0.05, 0.1) is 0 Å². The minimum Gasteiger partial charge on any atom is -0.373 e. The predicted octanol–water partition coefficient (Wildman–Crippen LogP) is 2.01. The van der Waals surface area contributed by atoms with Gasteiger partial charge in [0, 0.05) is 0 Å². The summed E-state index contributed by atoms with van der Waals surface area (Å²) in [5.74, 6) is -1.75. The molecule has 0 unspecified atom stereocenters. The SMILES string of the molecule is Cc1ccc(S(=O)(=O)OC2=C(Br)C(=O)C=CC2=O)cc1. The van der Waals surface area contributed by atoms with Gasteiger partial charge in [-0.3, -0.25) is 9.59 Å². The maximum absolute atomic E-state index is 12.0. The highest BCUT2D eigenvalue weighted by Crippen LogP contribution is 2.25. The zero-order valence-corrected chi connectivity index (χ0v) is 12.7. The van der Waals surface area contributed by atoms with Crippen molar-refractivity contribution in [3.05, 3.63) is 52.2 Å². The molecule has 0 N–H and O–H groups in total. The Morgan fingerprint density at radius 3 is 2.15 bits per heavy atom. The van der Waals surface area contributed by atoms with E-state index in [0.29, 0.717) is 0 Å². The molecule has 104 valence electrons. The molecule has 20 heavy (non-hydrogen) atoms. The Kier molecular flexibility index (Phi) is 3.92. The average Bonchev–Trinajstić information content (AvgIpc) is 2.40. The van der Waals surface area contributed by atoms with E-state index < -0.39 is 27.4 Å². The molecule has 1 aliphatic rings. The number of aryl methyl sites for hydroxylation is 1. The summed E-state index contributed by atoms with van der Waals surface area (Å²) in [5.41, 5.74) is 0.885. The Morgan fingerprint density at radius 2 is 1.55 bits per heavy atom. The van der Waals surface area contributed by atoms with Crippen molar-refractivity contribution in [3.8, 4) is 0 Å². The van der Waals surface area contributed by atoms with Gasteiger partial charge in [0.15, 0.2) is 5.78 Å². The minimum atomic E-state index is -4.16. The van der Waals surface area contributed by atoms with E-state index in [9.17, 15) is 18.0 Å². The van der Waals surface area contributed by atoms with Crippen molar-refractivity contribution in [2.75, 3.05) is 0 Å². The molecule has 0 radical (unpaired) electrons. The Hall–Kier alpha value is -1.73. The molecule has 1 aliphatic carbocycles. The number of hydrogen-bond donors (Lipinski definition) is 0. The van der Waals surface area contributed by atoms with Crippen molar-refractivity contribution >= 4 is 37.6 Å². The van der Waals surface area contributed by atoms with Crippen LogP contribution in [0.15, 0.2) is 51.6 Å². The number of carbonyl (C=O) groups is 2. The van der Waals surface area contributed by atoms with Crippen molar-refractivity contribution in [2.24, 2.45) is 0 Å². The van der Waals surface area contributed by atoms with Gasteiger partial charge in [-0.05, 0) is 47.1 Å². The van der Waals surface area contributed by atoms with Gasteiger partial charge in [0.25, 0.3) is 0 Å². The number of allylic oxidation sites excluding steroid dienone is 3. The second-order valence-electron chi connectivity index (χ2n) is 4.06. The molecule has 7 heteroatoms. The largest absolute Gasteiger partial charge is 0.373 e. The molecule has 0 fully saturated rings. The lowest BCUT2D eigenvalue weighted by molar-refractivity contribution is -0.116. The molecule has 0 bridgehead atoms. The first kappa shape index (κ1) is 14.7. The van der Waals surface area contributed by atoms with E-state index in [-0.39, 0.29) is 9.38 Å². The van der Waals surface area contributed by atoms with Crippen LogP contribution in [0.25, 0.3) is 0 Å². The number of carbonyl (C=O) groups excluding carboxylic acids is 2. The molecule has 0 spiro atoms. The lowest BCUT2D eigenvalue weighted by atomic mass is 10.1. The van der Waals surface area contributed by atoms with E-state index in [1.165, 1.54) is 12.1 Å². The van der Waals surface area contributed by atoms with E-state index in [0.717, 1.165) is 17.7 Å². The predicted molar refractivity (Wildman–Crippen MR) is 74.6 cm³/mol. The fourth-order valence-corrected chi connectivity index (χ4v) is 2.93. The molecule has 0 heterocycles. The second kappa shape index (κ2) is 5.34. The highest BCUT2D eigenvalue weighted by Gasteiger charge is 2.28. The van der Waals surface area contributed by atoms with Gasteiger partial charge < -0.3 is 4.18 Å². The molecule has 0 aliphatic heterocycles. The molecule has 0 saturated carbocycles. The van der Waals surface area contributed by atoms with Gasteiger partial charge in [-0.25, -0.2) is 0 Å². The molecule has 1 aromatic carbocycles. The molecule has 0 amide bonds. The fraction of sp³-hybridized carbons (Fsp3) is 0.0769. The molecule has 0 aromatic heterocycles. The number of benzene rings is 1. The van der Waals surface area contributed by atoms with Crippen molar-refractivity contribution in [1.82, 2.24) is 0 Å². The first-order chi connectivity index (χ1) is 9.31. The molecule has 0 atom stereocenters. The Labute approximate surface area is 124 Å². The topological polar surface area (TPSA) is 77.5 Å². The standard InChI is InChI=1S/C13H9BrO5S/c1-8-2-4-9(5-3-8)20(17,18)19-13-11(16)7-6-10(15)12(13)14/h2-7H,1H3. The monoisotopic (exact) mass is 356 g/mol. The maximum atomic E-state index is 12.0. The first-order valence-electron chi connectivity index (χ1n) is 5.49. The van der Waals surface area contributed by atoms with Crippen LogP contribution in [0.4, 0.5) is 0 Å². The summed E-state index contributed by atoms with van der Waals surface area (Å²) in [5, 5.41) is 0. The van der Waals surface area contributed by atoms with Crippen molar-refractivity contribution in [3.63, 3.8) is 0 Å². The zero-order valence-electron chi connectivity index (χ0n) is 10.3. The normalized spacial score (nSPS) is 15.7. The van der Waals surface area contributed by atoms with Gasteiger partial charge in [0.1, 0.15) is 9.38 Å². The molecular weight excluding hydrogens is 348 g/mol. The van der Waals surface area contributed by atoms with Crippen LogP contribution in [-0.2, 0) is 23.9 Å². The van der Waals surface area contributed by atoms with Crippen molar-refractivity contribution < 1.29 is 22.2 Å². The van der Waals surface area contributed by atoms with Crippen LogP contribution in [0.3, 0.4) is 0 Å². The maximum Gasteiger partial charge on any atom is 0.339 e. The number of hydrogen-bond acceptors (Lipinski definition) is 5.